The van der Waals surface area contributed by atoms with Gasteiger partial charge in [-0.3, -0.25) is 0 Å². The number of anilines is 3. The third kappa shape index (κ3) is 4.50. The second-order valence-corrected chi connectivity index (χ2v) is 10.8. The predicted octanol–water partition coefficient (Wildman–Crippen LogP) is 11.2. The van der Waals surface area contributed by atoms with Crippen molar-refractivity contribution in [3.63, 3.8) is 0 Å². The van der Waals surface area contributed by atoms with E-state index in [1.165, 1.54) is 33.5 Å². The van der Waals surface area contributed by atoms with Crippen LogP contribution in [0.1, 0.15) is 0 Å². The van der Waals surface area contributed by atoms with Crippen LogP contribution in [0.15, 0.2) is 170 Å². The summed E-state index contributed by atoms with van der Waals surface area (Å²) in [5.74, 6) is 0. The molecule has 0 N–H and O–H groups in total. The number of para-hydroxylation sites is 2. The molecule has 2 heterocycles. The van der Waals surface area contributed by atoms with E-state index < -0.39 is 0 Å². The first kappa shape index (κ1) is 25.0. The highest BCUT2D eigenvalue weighted by molar-refractivity contribution is 6.03. The average molecular weight is 549 g/mol. The van der Waals surface area contributed by atoms with Gasteiger partial charge in [0.25, 0.3) is 0 Å². The van der Waals surface area contributed by atoms with E-state index in [2.05, 4.69) is 169 Å². The van der Waals surface area contributed by atoms with Gasteiger partial charge >= 0.3 is 0 Å². The van der Waals surface area contributed by atoms with Crippen LogP contribution in [0.25, 0.3) is 55.9 Å². The lowest BCUT2D eigenvalue weighted by Gasteiger charge is -2.27. The molecule has 0 spiro atoms. The maximum absolute atomic E-state index is 5.23. The van der Waals surface area contributed by atoms with Crippen LogP contribution in [-0.2, 0) is 0 Å². The van der Waals surface area contributed by atoms with Gasteiger partial charge in [0.2, 0.25) is 0 Å². The Morgan fingerprint density at radius 2 is 0.837 bits per heavy atom. The molecular weight excluding hydrogens is 520 g/mol. The van der Waals surface area contributed by atoms with Crippen molar-refractivity contribution in [2.24, 2.45) is 0 Å². The average Bonchev–Trinajstić information content (AvgIpc) is 3.22. The molecule has 7 aromatic rings. The molecule has 0 saturated heterocycles. The Labute approximate surface area is 252 Å². The monoisotopic (exact) mass is 548 g/mol. The third-order valence-electron chi connectivity index (χ3n) is 8.20. The normalized spacial score (nSPS) is 11.7. The summed E-state index contributed by atoms with van der Waals surface area (Å²) in [6.07, 6.45) is 0. The number of nitrogens with zero attached hydrogens (tertiary/aromatic N) is 2. The summed E-state index contributed by atoms with van der Waals surface area (Å²) >= 11 is 0. The Morgan fingerprint density at radius 1 is 0.326 bits per heavy atom. The number of benzene rings is 6. The van der Waals surface area contributed by atoms with E-state index in [1.807, 2.05) is 6.07 Å². The fourth-order valence-electron chi connectivity index (χ4n) is 6.17. The van der Waals surface area contributed by atoms with Crippen molar-refractivity contribution >= 4 is 17.1 Å². The highest BCUT2D eigenvalue weighted by atomic mass is 15.1. The van der Waals surface area contributed by atoms with Crippen molar-refractivity contribution < 1.29 is 0 Å². The lowest BCUT2D eigenvalue weighted by molar-refractivity contribution is 1.29. The second kappa shape index (κ2) is 10.6. The van der Waals surface area contributed by atoms with Gasteiger partial charge in [-0.2, -0.15) is 0 Å². The van der Waals surface area contributed by atoms with Crippen LogP contribution in [0, 0.1) is 0 Å². The number of hydrogen-bond donors (Lipinski definition) is 0. The quantitative estimate of drug-likeness (QED) is 0.217. The fraction of sp³-hybridized carbons (Fsp3) is 0. The van der Waals surface area contributed by atoms with E-state index in [4.69, 9.17) is 4.98 Å². The van der Waals surface area contributed by atoms with Crippen LogP contribution in [0.3, 0.4) is 0 Å². The minimum atomic E-state index is 0.952. The van der Waals surface area contributed by atoms with Crippen molar-refractivity contribution in [1.82, 2.24) is 4.98 Å². The molecule has 0 amide bonds. The van der Waals surface area contributed by atoms with E-state index in [9.17, 15) is 0 Å². The number of hydrogen-bond acceptors (Lipinski definition) is 2. The number of fused-ring (bicyclic) bond motifs is 5. The molecule has 0 radical (unpaired) electrons. The molecule has 1 aliphatic rings. The molecule has 0 bridgehead atoms. The first-order chi connectivity index (χ1) is 21.3. The molecule has 1 aliphatic heterocycles. The van der Waals surface area contributed by atoms with E-state index in [0.29, 0.717) is 0 Å². The summed E-state index contributed by atoms with van der Waals surface area (Å²) in [4.78, 5) is 7.62. The minimum absolute atomic E-state index is 0.952. The lowest BCUT2D eigenvalue weighted by Crippen LogP contribution is -2.10. The Morgan fingerprint density at radius 3 is 1.53 bits per heavy atom. The van der Waals surface area contributed by atoms with Gasteiger partial charge in [0.1, 0.15) is 0 Å². The van der Waals surface area contributed by atoms with E-state index in [1.54, 1.807) is 0 Å². The summed E-state index contributed by atoms with van der Waals surface area (Å²) < 4.78 is 0. The molecule has 43 heavy (non-hydrogen) atoms. The third-order valence-corrected chi connectivity index (χ3v) is 8.20. The molecule has 2 nitrogen and oxygen atoms in total. The molecule has 6 aromatic carbocycles. The van der Waals surface area contributed by atoms with Gasteiger partial charge in [0, 0.05) is 27.9 Å². The van der Waals surface area contributed by atoms with E-state index >= 15 is 0 Å². The summed E-state index contributed by atoms with van der Waals surface area (Å²) in [7, 11) is 0. The van der Waals surface area contributed by atoms with Crippen molar-refractivity contribution in [2.45, 2.75) is 0 Å². The zero-order valence-electron chi connectivity index (χ0n) is 23.6. The molecule has 0 unspecified atom stereocenters. The lowest BCUT2D eigenvalue weighted by atomic mass is 9.93. The fourth-order valence-corrected chi connectivity index (χ4v) is 6.17. The van der Waals surface area contributed by atoms with Crippen LogP contribution in [-0.4, -0.2) is 4.98 Å². The van der Waals surface area contributed by atoms with Crippen molar-refractivity contribution in [3.05, 3.63) is 170 Å². The number of rotatable bonds is 4. The number of pyridine rings is 1. The van der Waals surface area contributed by atoms with Crippen molar-refractivity contribution in [3.8, 4) is 55.9 Å². The van der Waals surface area contributed by atoms with Crippen molar-refractivity contribution in [1.29, 1.82) is 0 Å². The van der Waals surface area contributed by atoms with Crippen molar-refractivity contribution in [2.75, 3.05) is 4.90 Å². The first-order valence-corrected chi connectivity index (χ1v) is 14.6. The molecular formula is C41H28N2. The van der Waals surface area contributed by atoms with Gasteiger partial charge in [-0.25, -0.2) is 4.98 Å². The molecule has 0 saturated carbocycles. The van der Waals surface area contributed by atoms with Crippen LogP contribution < -0.4 is 4.90 Å². The smallest absolute Gasteiger partial charge is 0.0715 e. The highest BCUT2D eigenvalue weighted by Gasteiger charge is 2.26. The van der Waals surface area contributed by atoms with Gasteiger partial charge in [0.15, 0.2) is 0 Å². The van der Waals surface area contributed by atoms with Gasteiger partial charge < -0.3 is 4.90 Å². The summed E-state index contributed by atoms with van der Waals surface area (Å²) in [5, 5.41) is 0. The van der Waals surface area contributed by atoms with Crippen LogP contribution in [0.5, 0.6) is 0 Å². The Balaban J connectivity index is 1.38. The SMILES string of the molecule is c1ccc(-c2cc(-c3ccccc3)nc(-c3ccc4c(c3)-c3ccccc3-c3ccccc3N4c3ccccc3)c2)cc1. The van der Waals surface area contributed by atoms with E-state index in [-0.39, 0.29) is 0 Å². The zero-order valence-corrected chi connectivity index (χ0v) is 23.6. The number of aromatic nitrogens is 1. The topological polar surface area (TPSA) is 16.1 Å². The van der Waals surface area contributed by atoms with Gasteiger partial charge in [0.05, 0.1) is 22.8 Å². The predicted molar refractivity (Wildman–Crippen MR) is 180 cm³/mol. The van der Waals surface area contributed by atoms with Crippen LogP contribution in [0.2, 0.25) is 0 Å². The van der Waals surface area contributed by atoms with E-state index in [0.717, 1.165) is 39.5 Å². The van der Waals surface area contributed by atoms with Gasteiger partial charge in [-0.05, 0) is 64.7 Å². The zero-order chi connectivity index (χ0) is 28.6. The molecule has 0 atom stereocenters. The molecule has 0 fully saturated rings. The Kier molecular flexibility index (Phi) is 6.16. The largest absolute Gasteiger partial charge is 0.309 e. The Hall–Kier alpha value is -5.73. The second-order valence-electron chi connectivity index (χ2n) is 10.8. The first-order valence-electron chi connectivity index (χ1n) is 14.6. The highest BCUT2D eigenvalue weighted by Crippen LogP contribution is 2.51. The molecule has 2 heteroatoms. The maximum atomic E-state index is 5.23. The molecule has 1 aromatic heterocycles. The molecule has 0 aliphatic carbocycles. The summed E-state index contributed by atoms with van der Waals surface area (Å²) in [6, 6.07) is 60.3. The maximum Gasteiger partial charge on any atom is 0.0715 e. The van der Waals surface area contributed by atoms with Crippen LogP contribution in [0.4, 0.5) is 17.1 Å². The van der Waals surface area contributed by atoms with Gasteiger partial charge in [-0.15, -0.1) is 0 Å². The molecule has 202 valence electrons. The Bertz CT molecular complexity index is 2010. The standard InChI is InChI=1S/C41H28N2/c1-4-14-29(15-5-1)32-27-38(30-16-6-2-7-17-30)42-39(28-32)31-24-25-41-37(26-31)35-21-11-10-20-34(35)36-22-12-13-23-40(36)43(41)33-18-8-3-9-19-33/h1-28H. The summed E-state index contributed by atoms with van der Waals surface area (Å²) in [6.45, 7) is 0. The van der Waals surface area contributed by atoms with Gasteiger partial charge in [-0.1, -0.05) is 127 Å². The van der Waals surface area contributed by atoms with Crippen LogP contribution >= 0.6 is 0 Å². The summed E-state index contributed by atoms with van der Waals surface area (Å²) in [5.41, 5.74) is 14.7. The molecule has 8 rings (SSSR count). The minimum Gasteiger partial charge on any atom is -0.309 e.